The molecule has 0 radical (unpaired) electrons. The molecule has 0 aromatic heterocycles. The van der Waals surface area contributed by atoms with Crippen molar-refractivity contribution in [3.8, 4) is 11.1 Å². The Hall–Kier alpha value is -1.06. The van der Waals surface area contributed by atoms with E-state index in [9.17, 15) is 0 Å². The molecule has 0 saturated carbocycles. The highest BCUT2D eigenvalue weighted by atomic mass is 35.5. The molecule has 0 unspecified atom stereocenters. The highest BCUT2D eigenvalue weighted by molar-refractivity contribution is 5.78. The standard InChI is InChI=1S/C17H18N2.2ClH/c1-3-7-15-13(5-1)14-6-2-4-8-16(14)17(15)19-11-9-18-10-12-19;;/h1-8,17-18H,9-12H2;2*1H/p-2. The molecule has 1 N–H and O–H groups in total. The Morgan fingerprint density at radius 2 is 1.24 bits per heavy atom. The van der Waals surface area contributed by atoms with Gasteiger partial charge in [-0.15, -0.1) is 0 Å². The number of nitrogens with one attached hydrogen (secondary N) is 1. The third-order valence-corrected chi connectivity index (χ3v) is 4.32. The third-order valence-electron chi connectivity index (χ3n) is 4.32. The van der Waals surface area contributed by atoms with Crippen LogP contribution in [0.15, 0.2) is 48.5 Å². The number of fused-ring (bicyclic) bond motifs is 3. The van der Waals surface area contributed by atoms with Crippen molar-refractivity contribution in [2.45, 2.75) is 6.04 Å². The predicted molar refractivity (Wildman–Crippen MR) is 78.2 cm³/mol. The molecule has 2 aromatic rings. The van der Waals surface area contributed by atoms with Crippen LogP contribution in [0.3, 0.4) is 0 Å². The quantitative estimate of drug-likeness (QED) is 0.591. The van der Waals surface area contributed by atoms with Crippen LogP contribution in [0.4, 0.5) is 0 Å². The molecule has 0 atom stereocenters. The second-order valence-corrected chi connectivity index (χ2v) is 5.36. The topological polar surface area (TPSA) is 15.3 Å². The molecule has 4 rings (SSSR count). The monoisotopic (exact) mass is 320 g/mol. The van der Waals surface area contributed by atoms with Gasteiger partial charge in [0.1, 0.15) is 0 Å². The summed E-state index contributed by atoms with van der Waals surface area (Å²) in [5.41, 5.74) is 5.79. The minimum Gasteiger partial charge on any atom is -1.00 e. The predicted octanol–water partition coefficient (Wildman–Crippen LogP) is -3.33. The Kier molecular flexibility index (Phi) is 5.28. The molecule has 1 heterocycles. The smallest absolute Gasteiger partial charge is 0.0614 e. The number of halogens is 2. The summed E-state index contributed by atoms with van der Waals surface area (Å²) in [6.45, 7) is 4.46. The largest absolute Gasteiger partial charge is 1.00 e. The van der Waals surface area contributed by atoms with E-state index in [1.54, 1.807) is 0 Å². The fourth-order valence-corrected chi connectivity index (χ4v) is 3.46. The maximum absolute atomic E-state index is 3.44. The van der Waals surface area contributed by atoms with Gasteiger partial charge in [-0.1, -0.05) is 48.5 Å². The van der Waals surface area contributed by atoms with Crippen LogP contribution in [0.2, 0.25) is 0 Å². The molecule has 2 nitrogen and oxygen atoms in total. The molecule has 0 amide bonds. The lowest BCUT2D eigenvalue weighted by atomic mass is 10.0. The highest BCUT2D eigenvalue weighted by Crippen LogP contribution is 2.45. The highest BCUT2D eigenvalue weighted by Gasteiger charge is 2.32. The van der Waals surface area contributed by atoms with Crippen LogP contribution in [-0.2, 0) is 0 Å². The first-order chi connectivity index (χ1) is 9.45. The summed E-state index contributed by atoms with van der Waals surface area (Å²) in [4.78, 5) is 2.61. The van der Waals surface area contributed by atoms with Crippen molar-refractivity contribution in [2.75, 3.05) is 26.2 Å². The first-order valence-electron chi connectivity index (χ1n) is 7.08. The number of hydrogen-bond donors (Lipinski definition) is 1. The maximum atomic E-state index is 3.44. The van der Waals surface area contributed by atoms with Crippen LogP contribution < -0.4 is 30.1 Å². The molecule has 112 valence electrons. The zero-order valence-corrected chi connectivity index (χ0v) is 13.2. The molecule has 0 bridgehead atoms. The molecule has 4 heteroatoms. The van der Waals surface area contributed by atoms with Gasteiger partial charge in [-0.25, -0.2) is 0 Å². The zero-order chi connectivity index (χ0) is 12.7. The Morgan fingerprint density at radius 3 is 1.76 bits per heavy atom. The number of nitrogens with zero attached hydrogens (tertiary/aromatic N) is 1. The van der Waals surface area contributed by atoms with Crippen molar-refractivity contribution in [1.82, 2.24) is 10.2 Å². The van der Waals surface area contributed by atoms with E-state index < -0.39 is 0 Å². The Morgan fingerprint density at radius 1 is 0.762 bits per heavy atom. The molecular weight excluding hydrogens is 303 g/mol. The van der Waals surface area contributed by atoms with E-state index in [-0.39, 0.29) is 24.8 Å². The first kappa shape index (κ1) is 16.3. The summed E-state index contributed by atoms with van der Waals surface area (Å²) in [5, 5.41) is 3.44. The van der Waals surface area contributed by atoms with E-state index in [1.807, 2.05) is 0 Å². The van der Waals surface area contributed by atoms with E-state index in [2.05, 4.69) is 58.7 Å². The summed E-state index contributed by atoms with van der Waals surface area (Å²) >= 11 is 0. The van der Waals surface area contributed by atoms with Gasteiger partial charge in [0.25, 0.3) is 0 Å². The van der Waals surface area contributed by atoms with E-state index in [1.165, 1.54) is 22.3 Å². The van der Waals surface area contributed by atoms with Gasteiger partial charge in [0.05, 0.1) is 6.04 Å². The Balaban J connectivity index is 0.000000807. The maximum Gasteiger partial charge on any atom is 0.0614 e. The lowest BCUT2D eigenvalue weighted by molar-refractivity contribution is -0.00100. The van der Waals surface area contributed by atoms with Gasteiger partial charge in [0.15, 0.2) is 0 Å². The van der Waals surface area contributed by atoms with Crippen molar-refractivity contribution >= 4 is 0 Å². The molecule has 0 spiro atoms. The van der Waals surface area contributed by atoms with Crippen molar-refractivity contribution in [3.05, 3.63) is 59.7 Å². The van der Waals surface area contributed by atoms with Crippen LogP contribution in [-0.4, -0.2) is 31.1 Å². The molecule has 1 aliphatic heterocycles. The summed E-state index contributed by atoms with van der Waals surface area (Å²) in [5.74, 6) is 0. The van der Waals surface area contributed by atoms with Crippen molar-refractivity contribution in [1.29, 1.82) is 0 Å². The minimum atomic E-state index is 0. The number of hydrogen-bond acceptors (Lipinski definition) is 2. The molecule has 1 aliphatic carbocycles. The molecule has 21 heavy (non-hydrogen) atoms. The van der Waals surface area contributed by atoms with Gasteiger partial charge in [-0.2, -0.15) is 0 Å². The average molecular weight is 321 g/mol. The van der Waals surface area contributed by atoms with Crippen LogP contribution in [0.5, 0.6) is 0 Å². The lowest BCUT2D eigenvalue weighted by Gasteiger charge is -2.33. The van der Waals surface area contributed by atoms with E-state index in [0.29, 0.717) is 6.04 Å². The summed E-state index contributed by atoms with van der Waals surface area (Å²) < 4.78 is 0. The lowest BCUT2D eigenvalue weighted by Crippen LogP contribution is -3.00. The van der Waals surface area contributed by atoms with Crippen molar-refractivity contribution in [3.63, 3.8) is 0 Å². The Labute approximate surface area is 138 Å². The first-order valence-corrected chi connectivity index (χ1v) is 7.08. The fraction of sp³-hybridized carbons (Fsp3) is 0.294. The third kappa shape index (κ3) is 2.69. The van der Waals surface area contributed by atoms with E-state index >= 15 is 0 Å². The number of piperazine rings is 1. The minimum absolute atomic E-state index is 0. The van der Waals surface area contributed by atoms with E-state index in [0.717, 1.165) is 26.2 Å². The van der Waals surface area contributed by atoms with Crippen LogP contribution in [0, 0.1) is 0 Å². The average Bonchev–Trinajstić information content (AvgIpc) is 2.83. The van der Waals surface area contributed by atoms with Crippen molar-refractivity contribution < 1.29 is 24.8 Å². The normalized spacial score (nSPS) is 17.3. The molecule has 2 aliphatic rings. The zero-order valence-electron chi connectivity index (χ0n) is 11.7. The van der Waals surface area contributed by atoms with Gasteiger partial charge in [-0.3, -0.25) is 4.90 Å². The fourth-order valence-electron chi connectivity index (χ4n) is 3.46. The second kappa shape index (κ2) is 6.80. The van der Waals surface area contributed by atoms with Gasteiger partial charge < -0.3 is 30.1 Å². The Bertz CT molecular complexity index is 564. The van der Waals surface area contributed by atoms with Gasteiger partial charge in [0, 0.05) is 26.2 Å². The summed E-state index contributed by atoms with van der Waals surface area (Å²) in [6, 6.07) is 18.2. The summed E-state index contributed by atoms with van der Waals surface area (Å²) in [6.07, 6.45) is 0. The SMILES string of the molecule is [Cl-].[Cl-].c1ccc2c(c1)-c1ccccc1C2N1CCNCC1. The number of rotatable bonds is 1. The van der Waals surface area contributed by atoms with Gasteiger partial charge >= 0.3 is 0 Å². The summed E-state index contributed by atoms with van der Waals surface area (Å²) in [7, 11) is 0. The number of benzene rings is 2. The van der Waals surface area contributed by atoms with Gasteiger partial charge in [0.2, 0.25) is 0 Å². The van der Waals surface area contributed by atoms with Crippen LogP contribution in [0.25, 0.3) is 11.1 Å². The van der Waals surface area contributed by atoms with E-state index in [4.69, 9.17) is 0 Å². The van der Waals surface area contributed by atoms with Crippen molar-refractivity contribution in [2.24, 2.45) is 0 Å². The second-order valence-electron chi connectivity index (χ2n) is 5.36. The molecular formula is C17H18Cl2N2-2. The van der Waals surface area contributed by atoms with Gasteiger partial charge in [-0.05, 0) is 22.3 Å². The molecule has 1 fully saturated rings. The van der Waals surface area contributed by atoms with Crippen LogP contribution >= 0.6 is 0 Å². The molecule has 1 saturated heterocycles. The van der Waals surface area contributed by atoms with Crippen LogP contribution in [0.1, 0.15) is 17.2 Å². The molecule has 2 aromatic carbocycles.